The molecule has 0 aliphatic carbocycles. The van der Waals surface area contributed by atoms with Crippen LogP contribution in [0.3, 0.4) is 0 Å². The molecule has 0 N–H and O–H groups in total. The Kier molecular flexibility index (Phi) is 4.58. The summed E-state index contributed by atoms with van der Waals surface area (Å²) in [7, 11) is 0. The average molecular weight is 474 g/mol. The van der Waals surface area contributed by atoms with E-state index in [1.165, 1.54) is 0 Å². The van der Waals surface area contributed by atoms with Crippen molar-refractivity contribution in [3.8, 4) is 5.75 Å². The first-order chi connectivity index (χ1) is 13.6. The fraction of sp³-hybridized carbons (Fsp3) is 0.136. The van der Waals surface area contributed by atoms with E-state index >= 15 is 0 Å². The number of nitrogens with zero attached hydrogens (tertiary/aromatic N) is 2. The predicted octanol–water partition coefficient (Wildman–Crippen LogP) is 7.00. The van der Waals surface area contributed by atoms with Crippen molar-refractivity contribution in [1.29, 1.82) is 0 Å². The Labute approximate surface area is 181 Å². The molecule has 2 heterocycles. The first-order valence-electron chi connectivity index (χ1n) is 8.92. The van der Waals surface area contributed by atoms with Crippen molar-refractivity contribution in [2.75, 3.05) is 0 Å². The molecular formula is C22H15BrCl2N2O. The van der Waals surface area contributed by atoms with Gasteiger partial charge in [-0.05, 0) is 35.9 Å². The van der Waals surface area contributed by atoms with Gasteiger partial charge in [-0.2, -0.15) is 5.10 Å². The van der Waals surface area contributed by atoms with Gasteiger partial charge in [0.1, 0.15) is 5.75 Å². The third-order valence-electron chi connectivity index (χ3n) is 5.11. The van der Waals surface area contributed by atoms with Crippen LogP contribution in [0.25, 0.3) is 0 Å². The van der Waals surface area contributed by atoms with E-state index < -0.39 is 0 Å². The topological polar surface area (TPSA) is 24.8 Å². The van der Waals surface area contributed by atoms with Gasteiger partial charge in [0.25, 0.3) is 0 Å². The molecule has 28 heavy (non-hydrogen) atoms. The van der Waals surface area contributed by atoms with Crippen LogP contribution in [0, 0.1) is 0 Å². The number of hydrogen-bond acceptors (Lipinski definition) is 3. The van der Waals surface area contributed by atoms with Crippen LogP contribution in [0.2, 0.25) is 10.0 Å². The fourth-order valence-corrected chi connectivity index (χ4v) is 4.31. The Balaban J connectivity index is 1.59. The van der Waals surface area contributed by atoms with E-state index in [0.29, 0.717) is 10.0 Å². The molecule has 0 saturated heterocycles. The van der Waals surface area contributed by atoms with Gasteiger partial charge in [-0.25, -0.2) is 5.01 Å². The predicted molar refractivity (Wildman–Crippen MR) is 116 cm³/mol. The second kappa shape index (κ2) is 7.11. The molecule has 0 fully saturated rings. The molecule has 6 heteroatoms. The highest BCUT2D eigenvalue weighted by Gasteiger charge is 2.40. The van der Waals surface area contributed by atoms with Crippen LogP contribution < -0.4 is 4.74 Å². The monoisotopic (exact) mass is 472 g/mol. The third kappa shape index (κ3) is 3.10. The van der Waals surface area contributed by atoms with Crippen molar-refractivity contribution in [2.45, 2.75) is 18.7 Å². The molecule has 0 saturated carbocycles. The van der Waals surface area contributed by atoms with Gasteiger partial charge in [0.15, 0.2) is 0 Å². The zero-order valence-corrected chi connectivity index (χ0v) is 17.7. The molecule has 0 amide bonds. The van der Waals surface area contributed by atoms with Crippen LogP contribution in [0.15, 0.2) is 76.3 Å². The van der Waals surface area contributed by atoms with Crippen molar-refractivity contribution in [1.82, 2.24) is 5.01 Å². The minimum absolute atomic E-state index is 0.114. The zero-order valence-electron chi connectivity index (χ0n) is 14.6. The average Bonchev–Trinajstić information content (AvgIpc) is 3.16. The van der Waals surface area contributed by atoms with Crippen molar-refractivity contribution < 1.29 is 4.74 Å². The summed E-state index contributed by atoms with van der Waals surface area (Å²) in [5, 5.41) is 8.03. The fourth-order valence-electron chi connectivity index (χ4n) is 3.74. The molecule has 0 spiro atoms. The quantitative estimate of drug-likeness (QED) is 0.400. The molecule has 2 aliphatic rings. The Morgan fingerprint density at radius 3 is 2.54 bits per heavy atom. The van der Waals surface area contributed by atoms with Crippen LogP contribution in [0.4, 0.5) is 0 Å². The molecule has 140 valence electrons. The molecule has 0 unspecified atom stereocenters. The van der Waals surface area contributed by atoms with Gasteiger partial charge in [0.05, 0.1) is 21.8 Å². The molecule has 2 aliphatic heterocycles. The summed E-state index contributed by atoms with van der Waals surface area (Å²) in [6, 6.07) is 22.1. The number of hydrogen-bond donors (Lipinski definition) is 0. The number of para-hydroxylation sites is 1. The van der Waals surface area contributed by atoms with Crippen molar-refractivity contribution in [3.63, 3.8) is 0 Å². The lowest BCUT2D eigenvalue weighted by Crippen LogP contribution is -2.33. The molecule has 0 radical (unpaired) electrons. The van der Waals surface area contributed by atoms with Gasteiger partial charge in [-0.3, -0.25) is 0 Å². The number of rotatable bonds is 2. The Bertz CT molecular complexity index is 1080. The van der Waals surface area contributed by atoms with Gasteiger partial charge < -0.3 is 4.74 Å². The number of ether oxygens (including phenoxy) is 1. The highest BCUT2D eigenvalue weighted by atomic mass is 79.9. The van der Waals surface area contributed by atoms with E-state index in [1.54, 1.807) is 6.07 Å². The van der Waals surface area contributed by atoms with Gasteiger partial charge in [0, 0.05) is 22.0 Å². The highest BCUT2D eigenvalue weighted by molar-refractivity contribution is 9.10. The van der Waals surface area contributed by atoms with Gasteiger partial charge in [-0.15, -0.1) is 0 Å². The highest BCUT2D eigenvalue weighted by Crippen LogP contribution is 2.47. The van der Waals surface area contributed by atoms with Crippen LogP contribution >= 0.6 is 39.1 Å². The smallest absolute Gasteiger partial charge is 0.213 e. The second-order valence-electron chi connectivity index (χ2n) is 6.84. The number of halogens is 3. The molecule has 5 rings (SSSR count). The number of hydrazone groups is 1. The normalized spacial score (nSPS) is 20.2. The standard InChI is InChI=1S/C22H15BrCl2N2O/c23-15-8-5-13(6-9-15)19-12-20-16-3-1-2-4-21(16)28-22(27(20)26-19)14-7-10-17(24)18(25)11-14/h1-11,20,22H,12H2/t20-,22+/m0/s1. The van der Waals surface area contributed by atoms with Gasteiger partial charge in [0.2, 0.25) is 6.23 Å². The number of benzene rings is 3. The second-order valence-corrected chi connectivity index (χ2v) is 8.57. The summed E-state index contributed by atoms with van der Waals surface area (Å²) in [6.45, 7) is 0. The lowest BCUT2D eigenvalue weighted by atomic mass is 9.96. The van der Waals surface area contributed by atoms with Crippen LogP contribution in [0.1, 0.15) is 35.4 Å². The van der Waals surface area contributed by atoms with E-state index in [9.17, 15) is 0 Å². The molecule has 3 aromatic rings. The minimum atomic E-state index is -0.359. The van der Waals surface area contributed by atoms with E-state index in [-0.39, 0.29) is 12.3 Å². The van der Waals surface area contributed by atoms with Crippen LogP contribution in [0.5, 0.6) is 5.75 Å². The maximum absolute atomic E-state index is 6.34. The molecule has 0 bridgehead atoms. The van der Waals surface area contributed by atoms with Gasteiger partial charge in [-0.1, -0.05) is 75.5 Å². The van der Waals surface area contributed by atoms with E-state index in [1.807, 2.05) is 47.5 Å². The zero-order chi connectivity index (χ0) is 19.3. The van der Waals surface area contributed by atoms with E-state index in [4.69, 9.17) is 33.0 Å². The van der Waals surface area contributed by atoms with Gasteiger partial charge >= 0.3 is 0 Å². The van der Waals surface area contributed by atoms with E-state index in [2.05, 4.69) is 34.1 Å². The van der Waals surface area contributed by atoms with Crippen LogP contribution in [-0.2, 0) is 0 Å². The first kappa shape index (κ1) is 18.0. The van der Waals surface area contributed by atoms with E-state index in [0.717, 1.165) is 39.0 Å². The van der Waals surface area contributed by atoms with Crippen molar-refractivity contribution in [2.24, 2.45) is 5.10 Å². The lowest BCUT2D eigenvalue weighted by molar-refractivity contribution is -0.0190. The molecular weight excluding hydrogens is 459 g/mol. The maximum Gasteiger partial charge on any atom is 0.213 e. The summed E-state index contributed by atoms with van der Waals surface area (Å²) >= 11 is 15.9. The largest absolute Gasteiger partial charge is 0.464 e. The molecule has 3 nitrogen and oxygen atoms in total. The maximum atomic E-state index is 6.34. The lowest BCUT2D eigenvalue weighted by Gasteiger charge is -2.38. The first-order valence-corrected chi connectivity index (χ1v) is 10.5. The molecule has 3 aromatic carbocycles. The van der Waals surface area contributed by atoms with Crippen molar-refractivity contribution in [3.05, 3.63) is 97.9 Å². The summed E-state index contributed by atoms with van der Waals surface area (Å²) in [5.41, 5.74) is 4.23. The SMILES string of the molecule is Clc1ccc([C@H]2Oc3ccccc3[C@@H]3CC(c4ccc(Br)cc4)=NN23)cc1Cl. The Morgan fingerprint density at radius 2 is 1.75 bits per heavy atom. The number of fused-ring (bicyclic) bond motifs is 3. The Morgan fingerprint density at radius 1 is 0.964 bits per heavy atom. The summed E-state index contributed by atoms with van der Waals surface area (Å²) in [6.07, 6.45) is 0.461. The van der Waals surface area contributed by atoms with Crippen LogP contribution in [-0.4, -0.2) is 10.7 Å². The third-order valence-corrected chi connectivity index (χ3v) is 6.37. The Hall–Kier alpha value is -2.01. The minimum Gasteiger partial charge on any atom is -0.464 e. The molecule has 2 atom stereocenters. The van der Waals surface area contributed by atoms with Crippen molar-refractivity contribution >= 4 is 44.8 Å². The summed E-state index contributed by atoms with van der Waals surface area (Å²) < 4.78 is 7.39. The summed E-state index contributed by atoms with van der Waals surface area (Å²) in [4.78, 5) is 0. The molecule has 0 aromatic heterocycles. The summed E-state index contributed by atoms with van der Waals surface area (Å²) in [5.74, 6) is 0.882.